The maximum Gasteiger partial charge on any atom is 0.306 e. The Balaban J connectivity index is 2.51. The summed E-state index contributed by atoms with van der Waals surface area (Å²) in [6.45, 7) is 3.55. The summed E-state index contributed by atoms with van der Waals surface area (Å²) in [6.07, 6.45) is 30.5. The summed E-state index contributed by atoms with van der Waals surface area (Å²) in [7, 11) is -4.61. The summed E-state index contributed by atoms with van der Waals surface area (Å²) in [5.41, 5.74) is 3.27. The van der Waals surface area contributed by atoms with Crippen LogP contribution in [0.4, 0.5) is 0 Å². The average Bonchev–Trinajstić information content (AvgIpc) is 3.18. The first-order valence-corrected chi connectivity index (χ1v) is 23.2. The second-order valence-corrected chi connectivity index (χ2v) is 16.3. The fraction of sp³-hybridized carbons (Fsp3) is 0.711. The monoisotopic (exact) mass is 838 g/mol. The van der Waals surface area contributed by atoms with Gasteiger partial charge in [0.05, 0.1) is 6.61 Å². The van der Waals surface area contributed by atoms with Crippen molar-refractivity contribution < 1.29 is 56.8 Å². The third-order valence-corrected chi connectivity index (χ3v) is 10.2. The number of aliphatic hydroxyl groups is 3. The molecule has 0 aromatic carbocycles. The largest absolute Gasteiger partial charge is 0.462 e. The van der Waals surface area contributed by atoms with Gasteiger partial charge in [-0.25, -0.2) is 0 Å². The predicted molar refractivity (Wildman–Crippen MR) is 227 cm³/mol. The molecule has 0 bridgehead atoms. The van der Waals surface area contributed by atoms with Gasteiger partial charge < -0.3 is 34.3 Å². The van der Waals surface area contributed by atoms with Crippen LogP contribution in [0.1, 0.15) is 149 Å². The van der Waals surface area contributed by atoms with Gasteiger partial charge in [-0.1, -0.05) is 127 Å². The number of allylic oxidation sites excluding steroid dienone is 9. The molecule has 0 amide bonds. The van der Waals surface area contributed by atoms with Crippen molar-refractivity contribution in [3.8, 4) is 0 Å². The highest BCUT2D eigenvalue weighted by Gasteiger charge is 2.46. The molecule has 0 radical (unpaired) electrons. The van der Waals surface area contributed by atoms with E-state index in [0.29, 0.717) is 12.8 Å². The number of esters is 2. The van der Waals surface area contributed by atoms with Gasteiger partial charge in [-0.15, -0.1) is 5.73 Å². The third kappa shape index (κ3) is 29.4. The Morgan fingerprint density at radius 3 is 1.79 bits per heavy atom. The molecule has 12 nitrogen and oxygen atoms in total. The van der Waals surface area contributed by atoms with Crippen LogP contribution in [0.25, 0.3) is 0 Å². The van der Waals surface area contributed by atoms with E-state index >= 15 is 0 Å². The fourth-order valence-corrected chi connectivity index (χ4v) is 6.77. The van der Waals surface area contributed by atoms with Crippen molar-refractivity contribution >= 4 is 22.1 Å². The molecule has 0 saturated carbocycles. The van der Waals surface area contributed by atoms with Gasteiger partial charge in [0.2, 0.25) is 0 Å². The van der Waals surface area contributed by atoms with Gasteiger partial charge in [0.15, 0.2) is 12.4 Å². The van der Waals surface area contributed by atoms with E-state index in [2.05, 4.69) is 43.9 Å². The summed E-state index contributed by atoms with van der Waals surface area (Å²) >= 11 is 0. The Labute approximate surface area is 348 Å². The highest BCUT2D eigenvalue weighted by molar-refractivity contribution is 7.85. The van der Waals surface area contributed by atoms with Gasteiger partial charge in [-0.05, 0) is 69.9 Å². The zero-order chi connectivity index (χ0) is 42.7. The summed E-state index contributed by atoms with van der Waals surface area (Å²) < 4.78 is 53.9. The molecule has 332 valence electrons. The summed E-state index contributed by atoms with van der Waals surface area (Å²) in [6, 6.07) is 0. The zero-order valence-electron chi connectivity index (χ0n) is 35.2. The number of carbonyl (C=O) groups excluding carboxylic acids is 2. The first-order chi connectivity index (χ1) is 28.0. The molecule has 1 fully saturated rings. The summed E-state index contributed by atoms with van der Waals surface area (Å²) in [4.78, 5) is 25.4. The predicted octanol–water partition coefficient (Wildman–Crippen LogP) is 8.32. The molecule has 0 aromatic rings. The Hall–Kier alpha value is -2.87. The van der Waals surface area contributed by atoms with E-state index in [1.807, 2.05) is 36.5 Å². The lowest BCUT2D eigenvalue weighted by atomic mass is 10.00. The standard InChI is InChI=1S/C45H74O12S/c1-3-5-7-9-11-13-15-17-19-21-23-25-27-29-31-33-40(46)54-35-38(36-55-45-44(50)43(49)42(48)39(57-45)37-58(51,52)53)56-41(47)34-32-30-28-26-24-22-20-18-16-14-12-10-8-6-4-2/h6,8,10,12,14-16,18-20,38-39,42-45,48-50H,3-5,7,9,11,13,21-37H2,1-2H3,(H,51,52,53)/b8-6+,12-10+,16-14+,20-18+/t17?,38-,39-,42-,43?,44?,45+/m1/s1. The topological polar surface area (TPSA) is 186 Å². The third-order valence-electron chi connectivity index (χ3n) is 9.45. The van der Waals surface area contributed by atoms with Crippen molar-refractivity contribution in [1.29, 1.82) is 0 Å². The van der Waals surface area contributed by atoms with Gasteiger partial charge in [0.1, 0.15) is 36.8 Å². The van der Waals surface area contributed by atoms with Crippen LogP contribution in [0.15, 0.2) is 66.5 Å². The number of ether oxygens (including phenoxy) is 4. The fourth-order valence-electron chi connectivity index (χ4n) is 6.07. The van der Waals surface area contributed by atoms with Gasteiger partial charge in [-0.2, -0.15) is 8.42 Å². The molecule has 1 aliphatic heterocycles. The van der Waals surface area contributed by atoms with E-state index in [1.54, 1.807) is 0 Å². The first kappa shape index (κ1) is 53.1. The highest BCUT2D eigenvalue weighted by Crippen LogP contribution is 2.24. The number of rotatable bonds is 34. The molecule has 1 heterocycles. The molecule has 0 aliphatic carbocycles. The lowest BCUT2D eigenvalue weighted by Crippen LogP contribution is -2.60. The molecular formula is C45H74O12S. The minimum atomic E-state index is -4.61. The molecule has 1 rings (SSSR count). The lowest BCUT2D eigenvalue weighted by Gasteiger charge is -2.40. The van der Waals surface area contributed by atoms with Gasteiger partial charge >= 0.3 is 11.9 Å². The van der Waals surface area contributed by atoms with E-state index in [0.717, 1.165) is 77.0 Å². The van der Waals surface area contributed by atoms with Gasteiger partial charge in [0.25, 0.3) is 10.1 Å². The first-order valence-electron chi connectivity index (χ1n) is 21.6. The van der Waals surface area contributed by atoms with Crippen molar-refractivity contribution in [3.05, 3.63) is 66.5 Å². The van der Waals surface area contributed by atoms with Crippen molar-refractivity contribution in [2.45, 2.75) is 185 Å². The maximum absolute atomic E-state index is 12.8. The Morgan fingerprint density at radius 1 is 0.655 bits per heavy atom. The highest BCUT2D eigenvalue weighted by atomic mass is 32.2. The van der Waals surface area contributed by atoms with Crippen LogP contribution in [0.2, 0.25) is 0 Å². The van der Waals surface area contributed by atoms with Crippen molar-refractivity contribution in [2.24, 2.45) is 0 Å². The number of hydrogen-bond acceptors (Lipinski definition) is 11. The number of aliphatic hydroxyl groups excluding tert-OH is 3. The number of carbonyl (C=O) groups is 2. The minimum absolute atomic E-state index is 0.130. The SMILES string of the molecule is CC/C=C/C=C/C=C/C=C/CCCCCCCC(=O)O[C@H](COC(=O)CCCCCCCC=C=CCCCCCCC)CO[C@H]1O[C@H](CS(=O)(=O)O)[C@@H](O)C(O)C1O. The molecule has 13 heteroatoms. The summed E-state index contributed by atoms with van der Waals surface area (Å²) in [5.74, 6) is -2.05. The van der Waals surface area contributed by atoms with Crippen LogP contribution in [-0.4, -0.2) is 96.0 Å². The minimum Gasteiger partial charge on any atom is -0.462 e. The molecule has 4 N–H and O–H groups in total. The van der Waals surface area contributed by atoms with Crippen molar-refractivity contribution in [2.75, 3.05) is 19.0 Å². The molecule has 6 atom stereocenters. The number of unbranched alkanes of at least 4 members (excludes halogenated alkanes) is 15. The summed E-state index contributed by atoms with van der Waals surface area (Å²) in [5, 5.41) is 30.8. The Bertz CT molecular complexity index is 1370. The van der Waals surface area contributed by atoms with Gasteiger partial charge in [-0.3, -0.25) is 14.1 Å². The second kappa shape index (κ2) is 34.9. The van der Waals surface area contributed by atoms with Crippen LogP contribution in [0.5, 0.6) is 0 Å². The molecule has 1 aliphatic rings. The maximum atomic E-state index is 12.8. The normalized spacial score (nSPS) is 20.6. The molecule has 58 heavy (non-hydrogen) atoms. The van der Waals surface area contributed by atoms with Crippen LogP contribution >= 0.6 is 0 Å². The van der Waals surface area contributed by atoms with Crippen LogP contribution < -0.4 is 0 Å². The van der Waals surface area contributed by atoms with Crippen molar-refractivity contribution in [1.82, 2.24) is 0 Å². The molecule has 2 unspecified atom stereocenters. The van der Waals surface area contributed by atoms with E-state index in [1.165, 1.54) is 32.1 Å². The van der Waals surface area contributed by atoms with Crippen LogP contribution in [-0.2, 0) is 38.7 Å². The van der Waals surface area contributed by atoms with E-state index in [4.69, 9.17) is 18.9 Å². The molecule has 0 spiro atoms. The molecular weight excluding hydrogens is 765 g/mol. The van der Waals surface area contributed by atoms with Crippen molar-refractivity contribution in [3.63, 3.8) is 0 Å². The van der Waals surface area contributed by atoms with E-state index in [9.17, 15) is 37.9 Å². The average molecular weight is 839 g/mol. The molecule has 0 aromatic heterocycles. The quantitative estimate of drug-likeness (QED) is 0.0160. The zero-order valence-corrected chi connectivity index (χ0v) is 36.0. The molecule has 1 saturated heterocycles. The van der Waals surface area contributed by atoms with E-state index in [-0.39, 0.29) is 19.4 Å². The lowest BCUT2D eigenvalue weighted by molar-refractivity contribution is -0.297. The number of hydrogen-bond donors (Lipinski definition) is 4. The van der Waals surface area contributed by atoms with Gasteiger partial charge in [0, 0.05) is 12.8 Å². The van der Waals surface area contributed by atoms with Crippen LogP contribution in [0.3, 0.4) is 0 Å². The Morgan fingerprint density at radius 2 is 1.19 bits per heavy atom. The van der Waals surface area contributed by atoms with Crippen LogP contribution in [0, 0.1) is 0 Å². The Kier molecular flexibility index (Phi) is 32.0. The smallest absolute Gasteiger partial charge is 0.306 e. The second-order valence-electron chi connectivity index (χ2n) is 14.8. The van der Waals surface area contributed by atoms with E-state index < -0.39 is 71.2 Å².